The highest BCUT2D eigenvalue weighted by Gasteiger charge is 2.06. The minimum atomic E-state index is 0.473. The van der Waals surface area contributed by atoms with Crippen molar-refractivity contribution < 1.29 is 4.74 Å². The summed E-state index contributed by atoms with van der Waals surface area (Å²) < 4.78 is 5.63. The number of halogens is 1. The van der Waals surface area contributed by atoms with Gasteiger partial charge in [0.15, 0.2) is 0 Å². The molecule has 0 aliphatic rings. The van der Waals surface area contributed by atoms with E-state index >= 15 is 0 Å². The van der Waals surface area contributed by atoms with Crippen molar-refractivity contribution >= 4 is 22.9 Å². The normalized spacial score (nSPS) is 10.3. The molecule has 0 atom stereocenters. The van der Waals surface area contributed by atoms with Crippen molar-refractivity contribution in [2.75, 3.05) is 0 Å². The lowest BCUT2D eigenvalue weighted by Crippen LogP contribution is -1.88. The zero-order valence-corrected chi connectivity index (χ0v) is 10.0. The lowest BCUT2D eigenvalue weighted by atomic mass is 10.1. The molecule has 0 N–H and O–H groups in total. The third-order valence-corrected chi connectivity index (χ3v) is 3.25. The topological polar surface area (TPSA) is 22.1 Å². The van der Waals surface area contributed by atoms with Crippen LogP contribution in [-0.4, -0.2) is 4.98 Å². The molecular weight excluding hydrogens is 230 g/mol. The zero-order chi connectivity index (χ0) is 10.8. The Balaban J connectivity index is 2.28. The smallest absolute Gasteiger partial charge is 0.280 e. The van der Waals surface area contributed by atoms with Gasteiger partial charge in [0.05, 0.1) is 0 Å². The highest BCUT2D eigenvalue weighted by Crippen LogP contribution is 2.30. The van der Waals surface area contributed by atoms with Crippen LogP contribution in [0.25, 0.3) is 0 Å². The molecule has 15 heavy (non-hydrogen) atoms. The molecule has 2 rings (SSSR count). The van der Waals surface area contributed by atoms with E-state index < -0.39 is 0 Å². The average molecular weight is 240 g/mol. The third kappa shape index (κ3) is 2.30. The maximum absolute atomic E-state index is 5.72. The molecule has 1 aromatic carbocycles. The summed E-state index contributed by atoms with van der Waals surface area (Å²) in [5.41, 5.74) is 2.33. The minimum Gasteiger partial charge on any atom is -0.431 e. The number of thiazole rings is 1. The molecule has 1 heterocycles. The molecular formula is C11H10ClNOS. The number of aryl methyl sites for hydroxylation is 1. The van der Waals surface area contributed by atoms with Gasteiger partial charge in [0.1, 0.15) is 10.9 Å². The van der Waals surface area contributed by atoms with Crippen LogP contribution in [0.2, 0.25) is 5.15 Å². The van der Waals surface area contributed by atoms with E-state index in [1.807, 2.05) is 19.1 Å². The predicted octanol–water partition coefficient (Wildman–Crippen LogP) is 4.21. The number of rotatable bonds is 2. The molecule has 0 spiro atoms. The molecule has 1 aromatic heterocycles. The summed E-state index contributed by atoms with van der Waals surface area (Å²) in [5.74, 6) is 0.834. The van der Waals surface area contributed by atoms with Gasteiger partial charge in [-0.1, -0.05) is 35.1 Å². The van der Waals surface area contributed by atoms with Crippen LogP contribution in [0.3, 0.4) is 0 Å². The van der Waals surface area contributed by atoms with Crippen LogP contribution >= 0.6 is 22.9 Å². The van der Waals surface area contributed by atoms with Gasteiger partial charge in [-0.25, -0.2) is 0 Å². The summed E-state index contributed by atoms with van der Waals surface area (Å²) in [7, 11) is 0. The summed E-state index contributed by atoms with van der Waals surface area (Å²) in [4.78, 5) is 4.04. The van der Waals surface area contributed by atoms with E-state index in [1.54, 1.807) is 5.38 Å². The first-order chi connectivity index (χ1) is 7.16. The van der Waals surface area contributed by atoms with E-state index in [0.29, 0.717) is 10.3 Å². The van der Waals surface area contributed by atoms with Crippen molar-refractivity contribution in [2.24, 2.45) is 0 Å². The van der Waals surface area contributed by atoms with E-state index in [1.165, 1.54) is 16.9 Å². The van der Waals surface area contributed by atoms with Crippen molar-refractivity contribution in [3.63, 3.8) is 0 Å². The Labute approximate surface area is 97.5 Å². The molecule has 0 fully saturated rings. The molecule has 78 valence electrons. The van der Waals surface area contributed by atoms with Crippen molar-refractivity contribution in [1.29, 1.82) is 0 Å². The van der Waals surface area contributed by atoms with Crippen molar-refractivity contribution in [3.8, 4) is 10.9 Å². The van der Waals surface area contributed by atoms with Gasteiger partial charge in [-0.3, -0.25) is 0 Å². The monoisotopic (exact) mass is 239 g/mol. The maximum atomic E-state index is 5.72. The number of hydrogen-bond acceptors (Lipinski definition) is 3. The Kier molecular flexibility index (Phi) is 2.93. The van der Waals surface area contributed by atoms with E-state index in [9.17, 15) is 0 Å². The van der Waals surface area contributed by atoms with Crippen LogP contribution < -0.4 is 4.74 Å². The van der Waals surface area contributed by atoms with Crippen molar-refractivity contribution in [1.82, 2.24) is 4.98 Å². The van der Waals surface area contributed by atoms with Gasteiger partial charge in [-0.05, 0) is 31.0 Å². The lowest BCUT2D eigenvalue weighted by molar-refractivity contribution is 0.474. The molecule has 4 heteroatoms. The predicted molar refractivity (Wildman–Crippen MR) is 63.1 cm³/mol. The Morgan fingerprint density at radius 3 is 2.80 bits per heavy atom. The Bertz CT molecular complexity index is 481. The van der Waals surface area contributed by atoms with Gasteiger partial charge in [0.2, 0.25) is 0 Å². The summed E-state index contributed by atoms with van der Waals surface area (Å²) in [6, 6.07) is 5.95. The van der Waals surface area contributed by atoms with Crippen LogP contribution in [0.5, 0.6) is 10.9 Å². The molecule has 0 saturated heterocycles. The minimum absolute atomic E-state index is 0.473. The van der Waals surface area contributed by atoms with Gasteiger partial charge in [0.25, 0.3) is 5.19 Å². The Hall–Kier alpha value is -1.06. The second-order valence-electron chi connectivity index (χ2n) is 3.24. The van der Waals surface area contributed by atoms with Gasteiger partial charge >= 0.3 is 0 Å². The van der Waals surface area contributed by atoms with Crippen molar-refractivity contribution in [2.45, 2.75) is 13.8 Å². The highest BCUT2D eigenvalue weighted by molar-refractivity contribution is 7.11. The Morgan fingerprint density at radius 1 is 1.33 bits per heavy atom. The summed E-state index contributed by atoms with van der Waals surface area (Å²) in [6.45, 7) is 4.08. The molecule has 0 saturated carbocycles. The molecule has 0 radical (unpaired) electrons. The van der Waals surface area contributed by atoms with Crippen LogP contribution in [0.1, 0.15) is 11.1 Å². The SMILES string of the molecule is Cc1cccc(Oc2nc(Cl)cs2)c1C. The standard InChI is InChI=1S/C11H10ClNOS/c1-7-4-3-5-9(8(7)2)14-11-13-10(12)6-15-11/h3-6H,1-2H3. The van der Waals surface area contributed by atoms with Gasteiger partial charge in [-0.15, -0.1) is 0 Å². The quantitative estimate of drug-likeness (QED) is 0.783. The van der Waals surface area contributed by atoms with E-state index in [2.05, 4.69) is 18.0 Å². The molecule has 0 bridgehead atoms. The number of nitrogens with zero attached hydrogens (tertiary/aromatic N) is 1. The fourth-order valence-electron chi connectivity index (χ4n) is 1.21. The second-order valence-corrected chi connectivity index (χ2v) is 4.44. The molecule has 2 aromatic rings. The van der Waals surface area contributed by atoms with E-state index in [4.69, 9.17) is 16.3 Å². The molecule has 2 nitrogen and oxygen atoms in total. The number of aromatic nitrogens is 1. The van der Waals surface area contributed by atoms with Crippen molar-refractivity contribution in [3.05, 3.63) is 39.9 Å². The van der Waals surface area contributed by atoms with Gasteiger partial charge < -0.3 is 4.74 Å². The number of benzene rings is 1. The average Bonchev–Trinajstić information content (AvgIpc) is 2.59. The first-order valence-electron chi connectivity index (χ1n) is 4.52. The fraction of sp³-hybridized carbons (Fsp3) is 0.182. The molecule has 0 aliphatic carbocycles. The van der Waals surface area contributed by atoms with Gasteiger partial charge in [0, 0.05) is 5.38 Å². The molecule has 0 unspecified atom stereocenters. The Morgan fingerprint density at radius 2 is 2.13 bits per heavy atom. The first kappa shape index (κ1) is 10.5. The summed E-state index contributed by atoms with van der Waals surface area (Å²) in [6.07, 6.45) is 0. The molecule has 0 amide bonds. The number of hydrogen-bond donors (Lipinski definition) is 0. The van der Waals surface area contributed by atoms with Crippen LogP contribution in [0.4, 0.5) is 0 Å². The second kappa shape index (κ2) is 4.21. The number of ether oxygens (including phenoxy) is 1. The summed E-state index contributed by atoms with van der Waals surface area (Å²) in [5, 5.41) is 2.80. The van der Waals surface area contributed by atoms with Crippen LogP contribution in [0, 0.1) is 13.8 Å². The van der Waals surface area contributed by atoms with E-state index in [0.717, 1.165) is 11.3 Å². The summed E-state index contributed by atoms with van der Waals surface area (Å²) >= 11 is 7.11. The van der Waals surface area contributed by atoms with Crippen LogP contribution in [0.15, 0.2) is 23.6 Å². The van der Waals surface area contributed by atoms with Gasteiger partial charge in [-0.2, -0.15) is 4.98 Å². The largest absolute Gasteiger partial charge is 0.431 e. The zero-order valence-electron chi connectivity index (χ0n) is 8.45. The molecule has 0 aliphatic heterocycles. The maximum Gasteiger partial charge on any atom is 0.280 e. The third-order valence-electron chi connectivity index (χ3n) is 2.21. The fourth-order valence-corrected chi connectivity index (χ4v) is 2.01. The lowest BCUT2D eigenvalue weighted by Gasteiger charge is -2.07. The van der Waals surface area contributed by atoms with Crippen LogP contribution in [-0.2, 0) is 0 Å². The highest BCUT2D eigenvalue weighted by atomic mass is 35.5. The van der Waals surface area contributed by atoms with E-state index in [-0.39, 0.29) is 0 Å². The first-order valence-corrected chi connectivity index (χ1v) is 5.77.